The summed E-state index contributed by atoms with van der Waals surface area (Å²) in [6.07, 6.45) is 0. The van der Waals surface area contributed by atoms with Crippen LogP contribution in [0.5, 0.6) is 5.88 Å². The molecule has 1 aromatic heterocycles. The van der Waals surface area contributed by atoms with Crippen LogP contribution in [-0.4, -0.2) is 14.8 Å². The molecule has 0 radical (unpaired) electrons. The van der Waals surface area contributed by atoms with Gasteiger partial charge >= 0.3 is 11.2 Å². The second-order valence-electron chi connectivity index (χ2n) is 6.28. The average Bonchev–Trinajstić information content (AvgIpc) is 2.70. The maximum atomic E-state index is 12.2. The SMILES string of the molecule is O=c1[nH]c(=O)n(Cc2cccc3cc(Br)ccc23)nc1OCc1ccccc1. The standard InChI is InChI=1S/C21H16BrN3O3/c22-17-9-10-18-15(11-17)7-4-8-16(18)12-25-21(27)23-19(26)20(24-25)28-13-14-5-2-1-3-6-14/h1-11H,12-13H2,(H,23,26,27). The Morgan fingerprint density at radius 3 is 2.64 bits per heavy atom. The quantitative estimate of drug-likeness (QED) is 0.518. The summed E-state index contributed by atoms with van der Waals surface area (Å²) < 4.78 is 7.73. The molecule has 28 heavy (non-hydrogen) atoms. The highest BCUT2D eigenvalue weighted by atomic mass is 79.9. The third-order valence-electron chi connectivity index (χ3n) is 4.33. The molecule has 0 bridgehead atoms. The van der Waals surface area contributed by atoms with Crippen LogP contribution < -0.4 is 16.0 Å². The fourth-order valence-electron chi connectivity index (χ4n) is 2.96. The van der Waals surface area contributed by atoms with E-state index in [-0.39, 0.29) is 19.0 Å². The lowest BCUT2D eigenvalue weighted by Crippen LogP contribution is -2.33. The van der Waals surface area contributed by atoms with E-state index in [1.165, 1.54) is 4.68 Å². The minimum Gasteiger partial charge on any atom is -0.468 e. The van der Waals surface area contributed by atoms with E-state index in [9.17, 15) is 9.59 Å². The lowest BCUT2D eigenvalue weighted by Gasteiger charge is -2.10. The number of hydrogen-bond donors (Lipinski definition) is 1. The van der Waals surface area contributed by atoms with E-state index in [1.54, 1.807) is 0 Å². The second-order valence-corrected chi connectivity index (χ2v) is 7.19. The number of nitrogens with one attached hydrogen (secondary N) is 1. The Morgan fingerprint density at radius 1 is 1.00 bits per heavy atom. The van der Waals surface area contributed by atoms with Crippen molar-refractivity contribution in [3.05, 3.63) is 103 Å². The Bertz CT molecular complexity index is 1250. The summed E-state index contributed by atoms with van der Waals surface area (Å²) in [4.78, 5) is 26.6. The Morgan fingerprint density at radius 2 is 1.82 bits per heavy atom. The summed E-state index contributed by atoms with van der Waals surface area (Å²) in [7, 11) is 0. The van der Waals surface area contributed by atoms with Crippen LogP contribution in [0.15, 0.2) is 80.8 Å². The van der Waals surface area contributed by atoms with Crippen molar-refractivity contribution in [2.75, 3.05) is 0 Å². The van der Waals surface area contributed by atoms with E-state index in [0.29, 0.717) is 0 Å². The second kappa shape index (κ2) is 7.82. The first-order valence-corrected chi connectivity index (χ1v) is 9.45. The normalized spacial score (nSPS) is 10.9. The molecule has 7 heteroatoms. The third-order valence-corrected chi connectivity index (χ3v) is 4.83. The summed E-state index contributed by atoms with van der Waals surface area (Å²) in [5, 5.41) is 6.19. The molecule has 140 valence electrons. The van der Waals surface area contributed by atoms with Gasteiger partial charge in [0, 0.05) is 4.47 Å². The molecule has 6 nitrogen and oxygen atoms in total. The number of halogens is 1. The van der Waals surface area contributed by atoms with E-state index < -0.39 is 11.2 Å². The number of H-pyrrole nitrogens is 1. The molecular weight excluding hydrogens is 422 g/mol. The van der Waals surface area contributed by atoms with Gasteiger partial charge in [-0.3, -0.25) is 9.78 Å². The van der Waals surface area contributed by atoms with Crippen molar-refractivity contribution < 1.29 is 4.74 Å². The van der Waals surface area contributed by atoms with Crippen LogP contribution >= 0.6 is 15.9 Å². The molecule has 0 aliphatic heterocycles. The minimum atomic E-state index is -0.640. The number of aromatic amines is 1. The van der Waals surface area contributed by atoms with Crippen molar-refractivity contribution in [1.82, 2.24) is 14.8 Å². The molecule has 0 atom stereocenters. The third kappa shape index (κ3) is 3.89. The highest BCUT2D eigenvalue weighted by Gasteiger charge is 2.10. The van der Waals surface area contributed by atoms with Crippen molar-refractivity contribution in [2.45, 2.75) is 13.2 Å². The molecular formula is C21H16BrN3O3. The Balaban J connectivity index is 1.65. The lowest BCUT2D eigenvalue weighted by atomic mass is 10.0. The Hall–Kier alpha value is -3.19. The number of aromatic nitrogens is 3. The predicted molar refractivity (Wildman–Crippen MR) is 111 cm³/mol. The van der Waals surface area contributed by atoms with Gasteiger partial charge in [-0.25, -0.2) is 9.48 Å². The molecule has 1 N–H and O–H groups in total. The predicted octanol–water partition coefficient (Wildman–Crippen LogP) is 3.47. The molecule has 4 rings (SSSR count). The number of rotatable bonds is 5. The fraction of sp³-hybridized carbons (Fsp3) is 0.0952. The zero-order chi connectivity index (χ0) is 19.5. The van der Waals surface area contributed by atoms with E-state index in [0.717, 1.165) is 26.4 Å². The van der Waals surface area contributed by atoms with Gasteiger partial charge in [0.05, 0.1) is 6.54 Å². The zero-order valence-corrected chi connectivity index (χ0v) is 16.3. The van der Waals surface area contributed by atoms with Crippen molar-refractivity contribution in [3.8, 4) is 5.88 Å². The molecule has 0 spiro atoms. The molecule has 4 aromatic rings. The lowest BCUT2D eigenvalue weighted by molar-refractivity contribution is 0.277. The van der Waals surface area contributed by atoms with Crippen LogP contribution in [-0.2, 0) is 13.2 Å². The molecule has 0 fully saturated rings. The van der Waals surface area contributed by atoms with Gasteiger partial charge in [-0.2, -0.15) is 0 Å². The number of benzene rings is 3. The number of nitrogens with zero attached hydrogens (tertiary/aromatic N) is 2. The maximum Gasteiger partial charge on any atom is 0.345 e. The monoisotopic (exact) mass is 437 g/mol. The maximum absolute atomic E-state index is 12.2. The molecule has 0 amide bonds. The van der Waals surface area contributed by atoms with Gasteiger partial charge in [-0.1, -0.05) is 70.5 Å². The zero-order valence-electron chi connectivity index (χ0n) is 14.8. The molecule has 0 aliphatic carbocycles. The summed E-state index contributed by atoms with van der Waals surface area (Å²) in [5.41, 5.74) is 0.604. The topological polar surface area (TPSA) is 77.0 Å². The van der Waals surface area contributed by atoms with Gasteiger partial charge in [0.25, 0.3) is 5.88 Å². The smallest absolute Gasteiger partial charge is 0.345 e. The number of fused-ring (bicyclic) bond motifs is 1. The van der Waals surface area contributed by atoms with E-state index in [4.69, 9.17) is 4.74 Å². The summed E-state index contributed by atoms with van der Waals surface area (Å²) in [6, 6.07) is 21.2. The summed E-state index contributed by atoms with van der Waals surface area (Å²) >= 11 is 3.47. The summed E-state index contributed by atoms with van der Waals surface area (Å²) in [6.45, 7) is 0.410. The summed E-state index contributed by atoms with van der Waals surface area (Å²) in [5.74, 6) is -0.133. The van der Waals surface area contributed by atoms with Crippen LogP contribution in [0, 0.1) is 0 Å². The number of hydrogen-bond acceptors (Lipinski definition) is 4. The highest BCUT2D eigenvalue weighted by molar-refractivity contribution is 9.10. The van der Waals surface area contributed by atoms with E-state index in [2.05, 4.69) is 26.0 Å². The number of ether oxygens (including phenoxy) is 1. The first-order valence-electron chi connectivity index (χ1n) is 8.65. The van der Waals surface area contributed by atoms with Crippen LogP contribution in [0.4, 0.5) is 0 Å². The average molecular weight is 438 g/mol. The van der Waals surface area contributed by atoms with Crippen molar-refractivity contribution in [2.24, 2.45) is 0 Å². The first kappa shape index (κ1) is 18.2. The Kier molecular flexibility index (Phi) is 5.08. The van der Waals surface area contributed by atoms with Crippen LogP contribution in [0.2, 0.25) is 0 Å². The molecule has 1 heterocycles. The van der Waals surface area contributed by atoms with E-state index >= 15 is 0 Å². The van der Waals surface area contributed by atoms with Crippen LogP contribution in [0.1, 0.15) is 11.1 Å². The van der Waals surface area contributed by atoms with Gasteiger partial charge in [0.2, 0.25) is 0 Å². The first-order chi connectivity index (χ1) is 13.6. The highest BCUT2D eigenvalue weighted by Crippen LogP contribution is 2.23. The van der Waals surface area contributed by atoms with Crippen LogP contribution in [0.25, 0.3) is 10.8 Å². The fourth-order valence-corrected chi connectivity index (χ4v) is 3.34. The van der Waals surface area contributed by atoms with Crippen molar-refractivity contribution >= 4 is 26.7 Å². The minimum absolute atomic E-state index is 0.133. The van der Waals surface area contributed by atoms with Crippen molar-refractivity contribution in [3.63, 3.8) is 0 Å². The van der Waals surface area contributed by atoms with Crippen molar-refractivity contribution in [1.29, 1.82) is 0 Å². The van der Waals surface area contributed by atoms with Gasteiger partial charge in [-0.05, 0) is 34.0 Å². The largest absolute Gasteiger partial charge is 0.468 e. The molecule has 0 saturated carbocycles. The van der Waals surface area contributed by atoms with Gasteiger partial charge < -0.3 is 4.74 Å². The van der Waals surface area contributed by atoms with Crippen LogP contribution in [0.3, 0.4) is 0 Å². The van der Waals surface area contributed by atoms with E-state index in [1.807, 2.05) is 66.7 Å². The molecule has 0 aliphatic rings. The molecule has 3 aromatic carbocycles. The van der Waals surface area contributed by atoms with Gasteiger partial charge in [0.1, 0.15) is 6.61 Å². The molecule has 0 saturated heterocycles. The van der Waals surface area contributed by atoms with Gasteiger partial charge in [-0.15, -0.1) is 5.10 Å². The molecule has 0 unspecified atom stereocenters. The van der Waals surface area contributed by atoms with Gasteiger partial charge in [0.15, 0.2) is 0 Å². The Labute approximate surface area is 168 Å².